The first kappa shape index (κ1) is 19.6. The molecule has 0 saturated carbocycles. The normalized spacial score (nSPS) is 19.0. The Balaban J connectivity index is 1.90. The van der Waals surface area contributed by atoms with E-state index in [1.54, 1.807) is 29.2 Å². The van der Waals surface area contributed by atoms with Crippen molar-refractivity contribution in [3.8, 4) is 0 Å². The summed E-state index contributed by atoms with van der Waals surface area (Å²) in [7, 11) is 0. The third-order valence-corrected chi connectivity index (χ3v) is 6.98. The fourth-order valence-electron chi connectivity index (χ4n) is 4.18. The number of para-hydroxylation sites is 1. The van der Waals surface area contributed by atoms with Gasteiger partial charge in [0.05, 0.1) is 10.2 Å². The molecular weight excluding hydrogens is 384 g/mol. The summed E-state index contributed by atoms with van der Waals surface area (Å²) in [5, 5.41) is 10.9. The zero-order valence-electron chi connectivity index (χ0n) is 16.5. The molecule has 5 nitrogen and oxygen atoms in total. The molecule has 1 aliphatic rings. The minimum Gasteiger partial charge on any atom is -0.481 e. The molecule has 0 saturated heterocycles. The highest BCUT2D eigenvalue weighted by Crippen LogP contribution is 2.45. The molecule has 2 atom stereocenters. The maximum atomic E-state index is 13.5. The number of carboxylic acid groups (broad SMARTS) is 1. The van der Waals surface area contributed by atoms with Gasteiger partial charge in [-0.25, -0.2) is 4.98 Å². The van der Waals surface area contributed by atoms with Gasteiger partial charge in [0, 0.05) is 12.1 Å². The van der Waals surface area contributed by atoms with E-state index in [4.69, 9.17) is 4.98 Å². The average Bonchev–Trinajstić information content (AvgIpc) is 3.16. The van der Waals surface area contributed by atoms with Crippen LogP contribution in [-0.4, -0.2) is 33.4 Å². The number of rotatable bonds is 6. The Bertz CT molecular complexity index is 1020. The molecule has 0 fully saturated rings. The van der Waals surface area contributed by atoms with Crippen molar-refractivity contribution in [3.63, 3.8) is 0 Å². The highest BCUT2D eigenvalue weighted by atomic mass is 32.1. The number of benzene rings is 2. The van der Waals surface area contributed by atoms with E-state index in [2.05, 4.69) is 13.8 Å². The van der Waals surface area contributed by atoms with Crippen LogP contribution in [-0.2, 0) is 4.79 Å². The Kier molecular flexibility index (Phi) is 5.37. The highest BCUT2D eigenvalue weighted by molar-refractivity contribution is 7.18. The lowest BCUT2D eigenvalue weighted by molar-refractivity contribution is -0.140. The van der Waals surface area contributed by atoms with E-state index in [0.717, 1.165) is 23.1 Å². The first-order chi connectivity index (χ1) is 14.0. The summed E-state index contributed by atoms with van der Waals surface area (Å²) in [5.74, 6) is -1.55. The minimum absolute atomic E-state index is 0.103. The van der Waals surface area contributed by atoms with Crippen molar-refractivity contribution >= 4 is 33.4 Å². The zero-order valence-corrected chi connectivity index (χ0v) is 17.4. The number of hydrogen-bond donors (Lipinski definition) is 1. The fraction of sp³-hybridized carbons (Fsp3) is 0.348. The van der Waals surface area contributed by atoms with Gasteiger partial charge in [0.2, 0.25) is 0 Å². The van der Waals surface area contributed by atoms with E-state index < -0.39 is 17.9 Å². The first-order valence-electron chi connectivity index (χ1n) is 10.0. The van der Waals surface area contributed by atoms with Gasteiger partial charge >= 0.3 is 5.97 Å². The predicted molar refractivity (Wildman–Crippen MR) is 114 cm³/mol. The second-order valence-electron chi connectivity index (χ2n) is 7.51. The van der Waals surface area contributed by atoms with Crippen molar-refractivity contribution in [1.29, 1.82) is 0 Å². The molecular formula is C23H24N2O3S. The second kappa shape index (κ2) is 7.95. The van der Waals surface area contributed by atoms with Gasteiger partial charge in [0.25, 0.3) is 5.91 Å². The number of carbonyl (C=O) groups excluding carboxylic acids is 1. The van der Waals surface area contributed by atoms with Crippen LogP contribution in [0.5, 0.6) is 0 Å². The number of carboxylic acids is 1. The van der Waals surface area contributed by atoms with E-state index >= 15 is 0 Å². The van der Waals surface area contributed by atoms with Gasteiger partial charge in [-0.1, -0.05) is 57.0 Å². The monoisotopic (exact) mass is 408 g/mol. The van der Waals surface area contributed by atoms with Gasteiger partial charge in [-0.05, 0) is 29.7 Å². The van der Waals surface area contributed by atoms with Crippen molar-refractivity contribution in [2.24, 2.45) is 5.92 Å². The maximum Gasteiger partial charge on any atom is 0.313 e. The van der Waals surface area contributed by atoms with Crippen molar-refractivity contribution in [1.82, 2.24) is 9.88 Å². The van der Waals surface area contributed by atoms with Crippen LogP contribution in [0.3, 0.4) is 0 Å². The molecule has 1 N–H and O–H groups in total. The Hall–Kier alpha value is -2.73. The molecule has 0 bridgehead atoms. The summed E-state index contributed by atoms with van der Waals surface area (Å²) >= 11 is 1.48. The molecule has 0 aliphatic carbocycles. The van der Waals surface area contributed by atoms with E-state index in [1.807, 2.05) is 24.3 Å². The number of amides is 1. The van der Waals surface area contributed by atoms with Gasteiger partial charge in [0.15, 0.2) is 0 Å². The van der Waals surface area contributed by atoms with Gasteiger partial charge in [0.1, 0.15) is 17.0 Å². The molecule has 3 aromatic rings. The molecule has 0 unspecified atom stereocenters. The number of fused-ring (bicyclic) bond motifs is 2. The van der Waals surface area contributed by atoms with E-state index in [-0.39, 0.29) is 5.91 Å². The number of aromatic nitrogens is 1. The lowest BCUT2D eigenvalue weighted by atomic mass is 9.82. The van der Waals surface area contributed by atoms with Crippen molar-refractivity contribution < 1.29 is 14.7 Å². The summed E-state index contributed by atoms with van der Waals surface area (Å²) in [6.45, 7) is 4.75. The van der Waals surface area contributed by atoms with Gasteiger partial charge < -0.3 is 10.0 Å². The summed E-state index contributed by atoms with van der Waals surface area (Å²) in [4.78, 5) is 32.4. The molecule has 4 rings (SSSR count). The third-order valence-electron chi connectivity index (χ3n) is 5.88. The topological polar surface area (TPSA) is 70.5 Å². The molecule has 0 radical (unpaired) electrons. The summed E-state index contributed by atoms with van der Waals surface area (Å²) in [5.41, 5.74) is 1.91. The van der Waals surface area contributed by atoms with Crippen LogP contribution in [0.4, 0.5) is 0 Å². The lowest BCUT2D eigenvalue weighted by Gasteiger charge is -2.41. The molecule has 1 aliphatic heterocycles. The molecule has 150 valence electrons. The molecule has 29 heavy (non-hydrogen) atoms. The van der Waals surface area contributed by atoms with E-state index in [0.29, 0.717) is 28.6 Å². The maximum absolute atomic E-state index is 13.5. The van der Waals surface area contributed by atoms with Gasteiger partial charge in [-0.3, -0.25) is 9.59 Å². The van der Waals surface area contributed by atoms with Crippen LogP contribution < -0.4 is 0 Å². The van der Waals surface area contributed by atoms with Crippen LogP contribution in [0.1, 0.15) is 59.6 Å². The Morgan fingerprint density at radius 1 is 1.14 bits per heavy atom. The smallest absolute Gasteiger partial charge is 0.313 e. The molecule has 6 heteroatoms. The summed E-state index contributed by atoms with van der Waals surface area (Å²) in [6, 6.07) is 14.3. The number of nitrogens with zero attached hydrogens (tertiary/aromatic N) is 2. The van der Waals surface area contributed by atoms with Gasteiger partial charge in [-0.15, -0.1) is 11.3 Å². The standard InChI is InChI=1S/C23H24N2O3S/c1-3-14(4-2)13-25-20(21-24-17-11-7-8-12-18(17)29-21)19(23(27)28)15-9-5-6-10-16(15)22(25)26/h5-12,14,19-20H,3-4,13H2,1-2H3,(H,27,28)/t19-,20-/m1/s1. The molecule has 2 aromatic carbocycles. The fourth-order valence-corrected chi connectivity index (χ4v) is 5.29. The van der Waals surface area contributed by atoms with E-state index in [1.165, 1.54) is 11.3 Å². The van der Waals surface area contributed by atoms with E-state index in [9.17, 15) is 14.7 Å². The predicted octanol–water partition coefficient (Wildman–Crippen LogP) is 5.10. The Morgan fingerprint density at radius 2 is 1.83 bits per heavy atom. The lowest BCUT2D eigenvalue weighted by Crippen LogP contribution is -2.46. The largest absolute Gasteiger partial charge is 0.481 e. The molecule has 0 spiro atoms. The van der Waals surface area contributed by atoms with Crippen LogP contribution in [0.2, 0.25) is 0 Å². The van der Waals surface area contributed by atoms with Crippen LogP contribution in [0.25, 0.3) is 10.2 Å². The Morgan fingerprint density at radius 3 is 2.52 bits per heavy atom. The zero-order chi connectivity index (χ0) is 20.5. The van der Waals surface area contributed by atoms with Crippen LogP contribution in [0.15, 0.2) is 48.5 Å². The van der Waals surface area contributed by atoms with Crippen molar-refractivity contribution in [2.75, 3.05) is 6.54 Å². The van der Waals surface area contributed by atoms with Crippen LogP contribution in [0, 0.1) is 5.92 Å². The number of aliphatic carboxylic acids is 1. The first-order valence-corrected chi connectivity index (χ1v) is 10.8. The number of carbonyl (C=O) groups is 2. The third kappa shape index (κ3) is 3.42. The molecule has 1 amide bonds. The van der Waals surface area contributed by atoms with Crippen LogP contribution >= 0.6 is 11.3 Å². The Labute approximate surface area is 174 Å². The minimum atomic E-state index is -0.927. The average molecular weight is 409 g/mol. The van der Waals surface area contributed by atoms with Crippen molar-refractivity contribution in [3.05, 3.63) is 64.7 Å². The van der Waals surface area contributed by atoms with Crippen molar-refractivity contribution in [2.45, 2.75) is 38.6 Å². The number of thiazole rings is 1. The summed E-state index contributed by atoms with van der Waals surface area (Å²) < 4.78 is 1.00. The molecule has 1 aromatic heterocycles. The quantitative estimate of drug-likeness (QED) is 0.616. The molecule has 2 heterocycles. The second-order valence-corrected chi connectivity index (χ2v) is 8.57. The number of hydrogen-bond acceptors (Lipinski definition) is 4. The SMILES string of the molecule is CCC(CC)CN1C(=O)c2ccccc2[C@@H](C(=O)O)[C@@H]1c1nc2ccccc2s1. The highest BCUT2D eigenvalue weighted by Gasteiger charge is 2.46. The summed E-state index contributed by atoms with van der Waals surface area (Å²) in [6.07, 6.45) is 1.87. The van der Waals surface area contributed by atoms with Gasteiger partial charge in [-0.2, -0.15) is 0 Å².